The number of carbonyl (C=O) groups excluding carboxylic acids is 2. The molecular weight excluding hydrogens is 534 g/mol. The number of hydrogen-bond donors (Lipinski definition) is 6. The minimum Gasteiger partial charge on any atom is -0.479 e. The number of carbonyl (C=O) groups is 3. The highest BCUT2D eigenvalue weighted by atomic mass is 16.7. The maximum Gasteiger partial charge on any atom is 0.335 e. The van der Waals surface area contributed by atoms with E-state index in [-0.39, 0.29) is 17.6 Å². The molecule has 7 rings (SSSR count). The SMILES string of the molecule is O=C(O)[C@H]1OC(Oc2ccc3c([C@H]4C(=O)NC(=O)[C@@H]4c4cn5c6c(cccc46)CCC5)c[nH]c3c2)[C@H](O)[C@@H](O)[C@@H]1O. The lowest BCUT2D eigenvalue weighted by Gasteiger charge is -2.38. The summed E-state index contributed by atoms with van der Waals surface area (Å²) in [6.07, 6.45) is -3.04. The molecule has 0 radical (unpaired) electrons. The first-order valence-electron chi connectivity index (χ1n) is 13.4. The molecule has 5 heterocycles. The smallest absolute Gasteiger partial charge is 0.335 e. The summed E-state index contributed by atoms with van der Waals surface area (Å²) in [5.74, 6) is -3.57. The van der Waals surface area contributed by atoms with Crippen molar-refractivity contribution in [3.63, 3.8) is 0 Å². The van der Waals surface area contributed by atoms with Crippen LogP contribution in [0.5, 0.6) is 5.75 Å². The van der Waals surface area contributed by atoms with Gasteiger partial charge in [-0.25, -0.2) is 4.79 Å². The third kappa shape index (κ3) is 3.94. The van der Waals surface area contributed by atoms with Crippen LogP contribution in [0.3, 0.4) is 0 Å². The number of benzene rings is 2. The molecular formula is C29H27N3O9. The van der Waals surface area contributed by atoms with Gasteiger partial charge in [-0.1, -0.05) is 18.2 Å². The Kier molecular flexibility index (Phi) is 5.91. The van der Waals surface area contributed by atoms with Crippen molar-refractivity contribution in [2.45, 2.75) is 61.9 Å². The van der Waals surface area contributed by atoms with Gasteiger partial charge in [0.1, 0.15) is 24.1 Å². The van der Waals surface area contributed by atoms with Crippen LogP contribution in [0, 0.1) is 0 Å². The van der Waals surface area contributed by atoms with Gasteiger partial charge in [-0.3, -0.25) is 14.9 Å². The first kappa shape index (κ1) is 25.7. The monoisotopic (exact) mass is 561 g/mol. The zero-order chi connectivity index (χ0) is 28.6. The number of aliphatic hydroxyl groups excluding tert-OH is 3. The zero-order valence-corrected chi connectivity index (χ0v) is 21.6. The number of carboxylic acid groups (broad SMARTS) is 1. The minimum absolute atomic E-state index is 0.181. The van der Waals surface area contributed by atoms with Crippen LogP contribution in [-0.2, 0) is 32.1 Å². The van der Waals surface area contributed by atoms with E-state index in [0.29, 0.717) is 16.5 Å². The minimum atomic E-state index is -1.83. The average Bonchev–Trinajstić information content (AvgIpc) is 3.62. The average molecular weight is 562 g/mol. The number of nitrogens with one attached hydrogen (secondary N) is 2. The third-order valence-corrected chi connectivity index (χ3v) is 8.42. The fourth-order valence-corrected chi connectivity index (χ4v) is 6.49. The molecule has 3 aliphatic heterocycles. The van der Waals surface area contributed by atoms with Crippen molar-refractivity contribution < 1.29 is 44.3 Å². The van der Waals surface area contributed by atoms with Crippen molar-refractivity contribution in [3.05, 3.63) is 65.5 Å². The lowest BCUT2D eigenvalue weighted by atomic mass is 9.83. The molecule has 212 valence electrons. The Morgan fingerprint density at radius 1 is 0.976 bits per heavy atom. The van der Waals surface area contributed by atoms with Gasteiger partial charge >= 0.3 is 5.97 Å². The molecule has 2 aromatic heterocycles. The summed E-state index contributed by atoms with van der Waals surface area (Å²) in [5, 5.41) is 43.7. The summed E-state index contributed by atoms with van der Waals surface area (Å²) >= 11 is 0. The molecule has 1 unspecified atom stereocenters. The van der Waals surface area contributed by atoms with Gasteiger partial charge in [0.2, 0.25) is 18.1 Å². The number of amides is 2. The number of aryl methyl sites for hydroxylation is 2. The topological polar surface area (TPSA) is 183 Å². The van der Waals surface area contributed by atoms with Gasteiger partial charge < -0.3 is 39.5 Å². The lowest BCUT2D eigenvalue weighted by molar-refractivity contribution is -0.271. The van der Waals surface area contributed by atoms with Crippen LogP contribution in [0.1, 0.15) is 34.9 Å². The largest absolute Gasteiger partial charge is 0.479 e. The predicted molar refractivity (Wildman–Crippen MR) is 142 cm³/mol. The number of aromatic amines is 1. The van der Waals surface area contributed by atoms with Crippen molar-refractivity contribution in [2.75, 3.05) is 0 Å². The molecule has 0 aliphatic carbocycles. The van der Waals surface area contributed by atoms with E-state index in [1.165, 1.54) is 5.56 Å². The Bertz CT molecular complexity index is 1730. The Balaban J connectivity index is 1.22. The number of hydrogen-bond acceptors (Lipinski definition) is 8. The number of ether oxygens (including phenoxy) is 2. The summed E-state index contributed by atoms with van der Waals surface area (Å²) in [6, 6.07) is 10.9. The maximum atomic E-state index is 13.2. The van der Waals surface area contributed by atoms with Crippen LogP contribution >= 0.6 is 0 Å². The molecule has 3 aliphatic rings. The van der Waals surface area contributed by atoms with Gasteiger partial charge in [-0.2, -0.15) is 0 Å². The summed E-state index contributed by atoms with van der Waals surface area (Å²) in [7, 11) is 0. The van der Waals surface area contributed by atoms with Gasteiger partial charge in [0.15, 0.2) is 6.10 Å². The molecule has 41 heavy (non-hydrogen) atoms. The highest BCUT2D eigenvalue weighted by Crippen LogP contribution is 2.44. The van der Waals surface area contributed by atoms with Crippen molar-refractivity contribution in [1.29, 1.82) is 0 Å². The van der Waals surface area contributed by atoms with Crippen LogP contribution < -0.4 is 10.1 Å². The molecule has 2 saturated heterocycles. The first-order valence-corrected chi connectivity index (χ1v) is 13.4. The lowest BCUT2D eigenvalue weighted by Crippen LogP contribution is -2.61. The van der Waals surface area contributed by atoms with Crippen LogP contribution in [-0.4, -0.2) is 78.5 Å². The standard InChI is InChI=1S/C29H27N3O9/c33-22-23(34)25(28(38)39)41-29(24(22)35)40-13-6-7-14-16(10-30-18(14)9-13)19-20(27(37)31-26(19)36)17-11-32-8-2-4-12-3-1-5-15(17)21(12)32/h1,3,5-7,9-11,19-20,22-25,29-30,33-35H,2,4,8H2,(H,38,39)(H,31,36,37)/t19-,20-,22+,23+,24-,25+,29?/m1/s1. The van der Waals surface area contributed by atoms with Crippen LogP contribution in [0.25, 0.3) is 21.8 Å². The highest BCUT2D eigenvalue weighted by molar-refractivity contribution is 6.13. The van der Waals surface area contributed by atoms with E-state index in [1.54, 1.807) is 24.4 Å². The van der Waals surface area contributed by atoms with E-state index in [1.807, 2.05) is 18.3 Å². The van der Waals surface area contributed by atoms with Crippen LogP contribution in [0.15, 0.2) is 48.8 Å². The van der Waals surface area contributed by atoms with E-state index >= 15 is 0 Å². The van der Waals surface area contributed by atoms with Gasteiger partial charge in [-0.05, 0) is 41.7 Å². The fraction of sp³-hybridized carbons (Fsp3) is 0.345. The molecule has 0 bridgehead atoms. The Morgan fingerprint density at radius 3 is 2.54 bits per heavy atom. The second-order valence-corrected chi connectivity index (χ2v) is 10.8. The van der Waals surface area contributed by atoms with Crippen molar-refractivity contribution in [2.24, 2.45) is 0 Å². The highest BCUT2D eigenvalue weighted by Gasteiger charge is 2.48. The molecule has 6 N–H and O–H groups in total. The fourth-order valence-electron chi connectivity index (χ4n) is 6.49. The number of fused-ring (bicyclic) bond motifs is 1. The number of aliphatic hydroxyl groups is 3. The number of carboxylic acids is 1. The second kappa shape index (κ2) is 9.42. The number of aromatic nitrogens is 2. The molecule has 7 atom stereocenters. The summed E-state index contributed by atoms with van der Waals surface area (Å²) in [5.41, 5.74) is 4.33. The summed E-state index contributed by atoms with van der Waals surface area (Å²) in [6.45, 7) is 0.846. The molecule has 2 amide bonds. The number of para-hydroxylation sites is 1. The molecule has 0 spiro atoms. The quantitative estimate of drug-likeness (QED) is 0.193. The van der Waals surface area contributed by atoms with Gasteiger partial charge in [0.05, 0.1) is 17.4 Å². The number of aliphatic carboxylic acids is 1. The molecule has 12 heteroatoms. The van der Waals surface area contributed by atoms with Crippen molar-refractivity contribution >= 4 is 39.6 Å². The van der Waals surface area contributed by atoms with E-state index in [0.717, 1.165) is 35.9 Å². The predicted octanol–water partition coefficient (Wildman–Crippen LogP) is 0.864. The molecule has 4 aromatic rings. The number of imide groups is 1. The van der Waals surface area contributed by atoms with Gasteiger partial charge in [0, 0.05) is 41.3 Å². The zero-order valence-electron chi connectivity index (χ0n) is 21.6. The Labute approximate surface area is 232 Å². The van der Waals surface area contributed by atoms with Gasteiger partial charge in [0.25, 0.3) is 0 Å². The molecule has 2 fully saturated rings. The van der Waals surface area contributed by atoms with E-state index < -0.39 is 48.5 Å². The summed E-state index contributed by atoms with van der Waals surface area (Å²) < 4.78 is 13.0. The Morgan fingerprint density at radius 2 is 1.76 bits per heavy atom. The van der Waals surface area contributed by atoms with E-state index in [9.17, 15) is 34.8 Å². The van der Waals surface area contributed by atoms with Crippen LogP contribution in [0.4, 0.5) is 0 Å². The summed E-state index contributed by atoms with van der Waals surface area (Å²) in [4.78, 5) is 40.9. The molecule has 0 saturated carbocycles. The molecule has 12 nitrogen and oxygen atoms in total. The van der Waals surface area contributed by atoms with Crippen molar-refractivity contribution in [3.8, 4) is 5.75 Å². The van der Waals surface area contributed by atoms with Gasteiger partial charge in [-0.15, -0.1) is 0 Å². The number of nitrogens with zero attached hydrogens (tertiary/aromatic N) is 1. The molecule has 2 aromatic carbocycles. The third-order valence-electron chi connectivity index (χ3n) is 8.42. The van der Waals surface area contributed by atoms with Crippen LogP contribution in [0.2, 0.25) is 0 Å². The van der Waals surface area contributed by atoms with E-state index in [2.05, 4.69) is 20.9 Å². The second-order valence-electron chi connectivity index (χ2n) is 10.8. The number of H-pyrrole nitrogens is 1. The Hall–Kier alpha value is -4.23. The maximum absolute atomic E-state index is 13.2. The van der Waals surface area contributed by atoms with Crippen molar-refractivity contribution in [1.82, 2.24) is 14.9 Å². The first-order chi connectivity index (χ1) is 19.7. The van der Waals surface area contributed by atoms with E-state index in [4.69, 9.17) is 9.47 Å². The number of rotatable bonds is 5. The normalized spacial score (nSPS) is 29.7.